The number of pyridine rings is 1. The second kappa shape index (κ2) is 9.60. The van der Waals surface area contributed by atoms with Gasteiger partial charge in [-0.25, -0.2) is 13.6 Å². The van der Waals surface area contributed by atoms with Gasteiger partial charge < -0.3 is 23.9 Å². The van der Waals surface area contributed by atoms with Gasteiger partial charge in [0.05, 0.1) is 12.3 Å². The SMILES string of the molecule is CCc1cc2c(cc1OCCCOC)OC(C(C)C)c1cc(C(=O)O)c(=O)n(C3CC(F)(F)C3)c1-2. The van der Waals surface area contributed by atoms with Gasteiger partial charge in [0.15, 0.2) is 0 Å². The van der Waals surface area contributed by atoms with Gasteiger partial charge in [-0.15, -0.1) is 0 Å². The molecule has 190 valence electrons. The Morgan fingerprint density at radius 3 is 2.54 bits per heavy atom. The second-order valence-electron chi connectivity index (χ2n) is 9.55. The van der Waals surface area contributed by atoms with Crippen LogP contribution in [0.15, 0.2) is 23.0 Å². The van der Waals surface area contributed by atoms with Crippen LogP contribution in [0.3, 0.4) is 0 Å². The van der Waals surface area contributed by atoms with Crippen molar-refractivity contribution in [2.45, 2.75) is 64.5 Å². The molecule has 1 aromatic carbocycles. The number of carboxylic acid groups (broad SMARTS) is 1. The first-order valence-corrected chi connectivity index (χ1v) is 11.9. The number of nitrogens with zero attached hydrogens (tertiary/aromatic N) is 1. The first-order valence-electron chi connectivity index (χ1n) is 11.9. The van der Waals surface area contributed by atoms with Crippen molar-refractivity contribution in [3.8, 4) is 22.8 Å². The largest absolute Gasteiger partial charge is 0.493 e. The number of carboxylic acids is 1. The fourth-order valence-electron chi connectivity index (χ4n) is 4.85. The van der Waals surface area contributed by atoms with Gasteiger partial charge in [0.1, 0.15) is 23.2 Å². The fraction of sp³-hybridized carbons (Fsp3) is 0.538. The maximum absolute atomic E-state index is 13.9. The quantitative estimate of drug-likeness (QED) is 0.482. The molecular weight excluding hydrogens is 460 g/mol. The van der Waals surface area contributed by atoms with Crippen molar-refractivity contribution in [2.75, 3.05) is 20.3 Å². The minimum atomic E-state index is -2.88. The zero-order chi connectivity index (χ0) is 25.5. The fourth-order valence-corrected chi connectivity index (χ4v) is 4.85. The van der Waals surface area contributed by atoms with Crippen molar-refractivity contribution in [3.63, 3.8) is 0 Å². The number of aromatic carboxylic acids is 1. The number of hydrogen-bond donors (Lipinski definition) is 1. The first-order chi connectivity index (χ1) is 16.6. The Balaban J connectivity index is 1.92. The maximum Gasteiger partial charge on any atom is 0.341 e. The van der Waals surface area contributed by atoms with E-state index < -0.39 is 48.0 Å². The van der Waals surface area contributed by atoms with E-state index in [0.717, 1.165) is 5.56 Å². The van der Waals surface area contributed by atoms with Crippen LogP contribution in [0.2, 0.25) is 0 Å². The molecule has 0 spiro atoms. The van der Waals surface area contributed by atoms with Gasteiger partial charge in [0.2, 0.25) is 0 Å². The lowest BCUT2D eigenvalue weighted by molar-refractivity contribution is -0.104. The van der Waals surface area contributed by atoms with Gasteiger partial charge in [-0.05, 0) is 30.0 Å². The third-order valence-corrected chi connectivity index (χ3v) is 6.64. The molecule has 1 aromatic heterocycles. The summed E-state index contributed by atoms with van der Waals surface area (Å²) in [7, 11) is 1.63. The van der Waals surface area contributed by atoms with Crippen LogP contribution in [0.4, 0.5) is 8.78 Å². The lowest BCUT2D eigenvalue weighted by Crippen LogP contribution is -2.44. The molecule has 1 N–H and O–H groups in total. The number of fused-ring (bicyclic) bond motifs is 3. The zero-order valence-corrected chi connectivity index (χ0v) is 20.4. The summed E-state index contributed by atoms with van der Waals surface area (Å²) in [5.41, 5.74) is 1.23. The lowest BCUT2D eigenvalue weighted by Gasteiger charge is -2.40. The minimum absolute atomic E-state index is 0.0748. The van der Waals surface area contributed by atoms with Gasteiger partial charge in [-0.2, -0.15) is 0 Å². The number of rotatable bonds is 9. The highest BCUT2D eigenvalue weighted by Crippen LogP contribution is 2.51. The van der Waals surface area contributed by atoms with E-state index in [4.69, 9.17) is 14.2 Å². The van der Waals surface area contributed by atoms with E-state index in [0.29, 0.717) is 54.4 Å². The highest BCUT2D eigenvalue weighted by atomic mass is 19.3. The van der Waals surface area contributed by atoms with Crippen LogP contribution in [0.5, 0.6) is 11.5 Å². The van der Waals surface area contributed by atoms with Gasteiger partial charge in [0, 0.05) is 56.2 Å². The molecule has 4 rings (SSSR count). The van der Waals surface area contributed by atoms with Crippen LogP contribution < -0.4 is 15.0 Å². The van der Waals surface area contributed by atoms with E-state index in [1.807, 2.05) is 26.8 Å². The Bertz CT molecular complexity index is 1180. The van der Waals surface area contributed by atoms with Crippen LogP contribution >= 0.6 is 0 Å². The number of halogens is 2. The number of hydrogen-bond acceptors (Lipinski definition) is 5. The Labute approximate surface area is 202 Å². The molecule has 0 saturated heterocycles. The molecule has 2 aliphatic rings. The number of ether oxygens (including phenoxy) is 3. The molecule has 1 aliphatic carbocycles. The smallest absolute Gasteiger partial charge is 0.341 e. The number of alkyl halides is 2. The van der Waals surface area contributed by atoms with Gasteiger partial charge in [-0.3, -0.25) is 4.79 Å². The third-order valence-electron chi connectivity index (χ3n) is 6.64. The molecule has 0 bridgehead atoms. The molecule has 1 fully saturated rings. The van der Waals surface area contributed by atoms with Crippen LogP contribution in [0, 0.1) is 5.92 Å². The van der Waals surface area contributed by atoms with Gasteiger partial charge >= 0.3 is 5.97 Å². The second-order valence-corrected chi connectivity index (χ2v) is 9.55. The van der Waals surface area contributed by atoms with E-state index in [9.17, 15) is 23.5 Å². The van der Waals surface area contributed by atoms with Crippen molar-refractivity contribution >= 4 is 5.97 Å². The van der Waals surface area contributed by atoms with E-state index in [-0.39, 0.29) is 5.92 Å². The summed E-state index contributed by atoms with van der Waals surface area (Å²) in [5.74, 6) is -3.21. The molecule has 1 unspecified atom stereocenters. The monoisotopic (exact) mass is 491 g/mol. The van der Waals surface area contributed by atoms with Crippen LogP contribution in [0.1, 0.15) is 73.7 Å². The van der Waals surface area contributed by atoms with Crippen molar-refractivity contribution < 1.29 is 32.9 Å². The lowest BCUT2D eigenvalue weighted by atomic mass is 9.84. The highest BCUT2D eigenvalue weighted by Gasteiger charge is 2.48. The van der Waals surface area contributed by atoms with Crippen molar-refractivity contribution in [1.82, 2.24) is 4.57 Å². The number of methoxy groups -OCH3 is 1. The highest BCUT2D eigenvalue weighted by molar-refractivity contribution is 5.89. The number of carbonyl (C=O) groups is 1. The third kappa shape index (κ3) is 4.66. The molecule has 7 nitrogen and oxygen atoms in total. The summed E-state index contributed by atoms with van der Waals surface area (Å²) in [5, 5.41) is 9.70. The molecule has 9 heteroatoms. The Morgan fingerprint density at radius 2 is 1.97 bits per heavy atom. The summed E-state index contributed by atoms with van der Waals surface area (Å²) < 4.78 is 46.4. The summed E-state index contributed by atoms with van der Waals surface area (Å²) in [6, 6.07) is 4.21. The minimum Gasteiger partial charge on any atom is -0.493 e. The van der Waals surface area contributed by atoms with Crippen LogP contribution in [-0.4, -0.2) is 41.9 Å². The molecule has 0 radical (unpaired) electrons. The van der Waals surface area contributed by atoms with E-state index in [2.05, 4.69) is 0 Å². The Morgan fingerprint density at radius 1 is 1.26 bits per heavy atom. The molecule has 35 heavy (non-hydrogen) atoms. The summed E-state index contributed by atoms with van der Waals surface area (Å²) in [6.07, 6.45) is -0.229. The number of aryl methyl sites for hydroxylation is 1. The van der Waals surface area contributed by atoms with Gasteiger partial charge in [0.25, 0.3) is 11.5 Å². The summed E-state index contributed by atoms with van der Waals surface area (Å²) >= 11 is 0. The summed E-state index contributed by atoms with van der Waals surface area (Å²) in [4.78, 5) is 25.2. The van der Waals surface area contributed by atoms with Crippen molar-refractivity contribution in [1.29, 1.82) is 0 Å². The van der Waals surface area contributed by atoms with Crippen molar-refractivity contribution in [3.05, 3.63) is 45.2 Å². The first kappa shape index (κ1) is 25.2. The predicted octanol–water partition coefficient (Wildman–Crippen LogP) is 5.25. The standard InChI is InChI=1S/C26H31F2NO6/c1-5-15-9-17-21(11-20(15)34-8-6-7-33-4)35-23(14(2)3)18-10-19(25(31)32)24(30)29(22(17)18)16-12-26(27,28)13-16/h9-11,14,16,23H,5-8,12-13H2,1-4H3,(H,31,32). The van der Waals surface area contributed by atoms with Gasteiger partial charge in [-0.1, -0.05) is 20.8 Å². The van der Waals surface area contributed by atoms with Crippen LogP contribution in [-0.2, 0) is 11.2 Å². The van der Waals surface area contributed by atoms with E-state index in [1.54, 1.807) is 13.2 Å². The summed E-state index contributed by atoms with van der Waals surface area (Å²) in [6.45, 7) is 6.84. The molecule has 2 aromatic rings. The topological polar surface area (TPSA) is 87.0 Å². The number of benzene rings is 1. The Hall–Kier alpha value is -2.94. The van der Waals surface area contributed by atoms with E-state index >= 15 is 0 Å². The van der Waals surface area contributed by atoms with Crippen molar-refractivity contribution in [2.24, 2.45) is 5.92 Å². The maximum atomic E-state index is 13.9. The van der Waals surface area contributed by atoms with Crippen LogP contribution in [0.25, 0.3) is 11.3 Å². The Kier molecular flexibility index (Phi) is 6.90. The average Bonchev–Trinajstić information content (AvgIpc) is 2.78. The molecule has 1 atom stereocenters. The predicted molar refractivity (Wildman–Crippen MR) is 126 cm³/mol. The average molecular weight is 492 g/mol. The normalized spacial score (nSPS) is 18.4. The number of aromatic nitrogens is 1. The molecule has 1 aliphatic heterocycles. The molecular formula is C26H31F2NO6. The molecule has 2 heterocycles. The zero-order valence-electron chi connectivity index (χ0n) is 20.4. The van der Waals surface area contributed by atoms with E-state index in [1.165, 1.54) is 10.6 Å². The molecule has 1 saturated carbocycles. The molecule has 0 amide bonds.